The Balaban J connectivity index is 1.07. The lowest BCUT2D eigenvalue weighted by Gasteiger charge is -2.61. The van der Waals surface area contributed by atoms with Crippen molar-refractivity contribution in [1.29, 1.82) is 0 Å². The van der Waals surface area contributed by atoms with Crippen LogP contribution in [-0.2, 0) is 10.2 Å². The van der Waals surface area contributed by atoms with Gasteiger partial charge in [-0.1, -0.05) is 0 Å². The standard InChI is InChI=1S/C42H48F4N8O2/c1-21(2)52-20-48-30-15-28(49-36(34(30)52)50-29-14-27(22(3)32(43)33(29)44)37(55)51-42(11-12-42)38(45)46)24-13-31-35(47-18-24)40(4,5)39(56)54(31)26-16-41(6,17-26)53-19-23-7-9-25(53)10-8-23/h13-15,18,20-21,23,25-26,38H,7-12,16-17,19H2,1-6H3,(H,49,50)(H,51,55). The van der Waals surface area contributed by atoms with E-state index in [4.69, 9.17) is 9.97 Å². The van der Waals surface area contributed by atoms with Gasteiger partial charge < -0.3 is 20.1 Å². The molecule has 14 heteroatoms. The zero-order chi connectivity index (χ0) is 39.6. The molecule has 3 aliphatic heterocycles. The van der Waals surface area contributed by atoms with Crippen molar-refractivity contribution in [1.82, 2.24) is 29.7 Å². The average molecular weight is 773 g/mol. The first-order chi connectivity index (χ1) is 26.5. The minimum absolute atomic E-state index is 0.0173. The number of carbonyl (C=O) groups is 2. The quantitative estimate of drug-likeness (QED) is 0.165. The van der Waals surface area contributed by atoms with E-state index in [0.29, 0.717) is 34.0 Å². The van der Waals surface area contributed by atoms with Crippen LogP contribution in [-0.4, -0.2) is 72.4 Å². The first kappa shape index (κ1) is 37.0. The number of amides is 2. The maximum atomic E-state index is 15.7. The molecule has 6 heterocycles. The van der Waals surface area contributed by atoms with E-state index in [-0.39, 0.29) is 59.0 Å². The smallest absolute Gasteiger partial charge is 0.261 e. The fourth-order valence-electron chi connectivity index (χ4n) is 9.92. The number of imidazole rings is 1. The van der Waals surface area contributed by atoms with Gasteiger partial charge in [0.1, 0.15) is 11.1 Å². The van der Waals surface area contributed by atoms with Crippen LogP contribution < -0.4 is 15.5 Å². The number of alkyl halides is 2. The number of halogens is 4. The minimum atomic E-state index is -2.79. The minimum Gasteiger partial charge on any atom is -0.341 e. The zero-order valence-electron chi connectivity index (χ0n) is 32.6. The molecule has 3 saturated carbocycles. The Morgan fingerprint density at radius 1 is 0.964 bits per heavy atom. The molecule has 2 bridgehead atoms. The second-order valence-corrected chi connectivity index (χ2v) is 18.0. The van der Waals surface area contributed by atoms with Crippen molar-refractivity contribution >= 4 is 40.0 Å². The van der Waals surface area contributed by atoms with E-state index >= 15 is 8.78 Å². The second kappa shape index (κ2) is 12.7. The molecule has 2 N–H and O–H groups in total. The molecule has 0 spiro atoms. The average Bonchev–Trinajstić information content (AvgIpc) is 3.77. The van der Waals surface area contributed by atoms with Crippen LogP contribution in [0.4, 0.5) is 34.8 Å². The van der Waals surface area contributed by atoms with Crippen LogP contribution in [0.15, 0.2) is 30.7 Å². The summed E-state index contributed by atoms with van der Waals surface area (Å²) in [4.78, 5) is 46.5. The van der Waals surface area contributed by atoms with Crippen molar-refractivity contribution in [3.8, 4) is 11.3 Å². The number of carbonyl (C=O) groups excluding carboxylic acids is 2. The van der Waals surface area contributed by atoms with E-state index < -0.39 is 34.9 Å². The number of anilines is 3. The van der Waals surface area contributed by atoms with E-state index in [1.165, 1.54) is 32.6 Å². The molecule has 0 atom stereocenters. The molecule has 2 saturated heterocycles. The SMILES string of the molecule is Cc1c(C(=O)NC2(C(F)F)CC2)cc(Nc2nc(-c3cnc4c(c3)N(C3CC(C)(N5CC6CCC5CC6)C3)C(=O)C4(C)C)cc3ncn(C(C)C)c23)c(F)c1F. The highest BCUT2D eigenvalue weighted by Crippen LogP contribution is 2.52. The normalized spacial score (nSPS) is 26.2. The van der Waals surface area contributed by atoms with Crippen LogP contribution in [0, 0.1) is 24.5 Å². The molecule has 0 radical (unpaired) electrons. The van der Waals surface area contributed by atoms with Gasteiger partial charge in [-0.25, -0.2) is 27.5 Å². The summed E-state index contributed by atoms with van der Waals surface area (Å²) in [7, 11) is 0. The van der Waals surface area contributed by atoms with E-state index in [9.17, 15) is 18.4 Å². The van der Waals surface area contributed by atoms with Gasteiger partial charge >= 0.3 is 0 Å². The van der Waals surface area contributed by atoms with Gasteiger partial charge in [-0.05, 0) is 117 Å². The Hall–Kier alpha value is -4.59. The lowest BCUT2D eigenvalue weighted by Crippen LogP contribution is -2.68. The highest BCUT2D eigenvalue weighted by molar-refractivity contribution is 6.08. The summed E-state index contributed by atoms with van der Waals surface area (Å²) in [6.45, 7) is 12.4. The lowest BCUT2D eigenvalue weighted by molar-refractivity contribution is -0.125. The van der Waals surface area contributed by atoms with Crippen molar-refractivity contribution < 1.29 is 27.2 Å². The number of hydrogen-bond donors (Lipinski definition) is 2. The molecular weight excluding hydrogens is 725 g/mol. The van der Waals surface area contributed by atoms with E-state index in [0.717, 1.165) is 37.1 Å². The number of piperidine rings is 2. The number of rotatable bonds is 9. The van der Waals surface area contributed by atoms with Gasteiger partial charge in [-0.3, -0.25) is 19.5 Å². The number of hydrogen-bond acceptors (Lipinski definition) is 7. The topological polar surface area (TPSA) is 108 Å². The van der Waals surface area contributed by atoms with Gasteiger partial charge in [0.2, 0.25) is 5.91 Å². The largest absolute Gasteiger partial charge is 0.341 e. The van der Waals surface area contributed by atoms with Gasteiger partial charge in [0.25, 0.3) is 12.3 Å². The third-order valence-corrected chi connectivity index (χ3v) is 13.5. The highest BCUT2D eigenvalue weighted by Gasteiger charge is 2.57. The zero-order valence-corrected chi connectivity index (χ0v) is 32.6. The van der Waals surface area contributed by atoms with Crippen LogP contribution in [0.5, 0.6) is 0 Å². The molecule has 10 rings (SSSR count). The lowest BCUT2D eigenvalue weighted by atomic mass is 9.67. The van der Waals surface area contributed by atoms with Gasteiger partial charge in [-0.2, -0.15) is 0 Å². The Kier molecular flexibility index (Phi) is 8.40. The van der Waals surface area contributed by atoms with Crippen LogP contribution >= 0.6 is 0 Å². The molecule has 3 aromatic heterocycles. The van der Waals surface area contributed by atoms with Crippen LogP contribution in [0.25, 0.3) is 22.3 Å². The molecule has 1 aromatic carbocycles. The number of pyridine rings is 2. The number of aromatic nitrogens is 4. The van der Waals surface area contributed by atoms with Crippen molar-refractivity contribution in [3.05, 3.63) is 59.2 Å². The second-order valence-electron chi connectivity index (χ2n) is 18.0. The van der Waals surface area contributed by atoms with Crippen molar-refractivity contribution in [2.75, 3.05) is 16.8 Å². The van der Waals surface area contributed by atoms with Gasteiger partial charge in [0.05, 0.1) is 40.0 Å². The molecule has 3 aliphatic carbocycles. The number of nitrogens with zero attached hydrogens (tertiary/aromatic N) is 6. The third kappa shape index (κ3) is 5.63. The Labute approximate surface area is 323 Å². The van der Waals surface area contributed by atoms with Gasteiger partial charge in [0.15, 0.2) is 17.5 Å². The van der Waals surface area contributed by atoms with E-state index in [1.54, 1.807) is 18.6 Å². The molecule has 2 amide bonds. The summed E-state index contributed by atoms with van der Waals surface area (Å²) < 4.78 is 60.4. The fraction of sp³-hybridized carbons (Fsp3) is 0.548. The summed E-state index contributed by atoms with van der Waals surface area (Å²) >= 11 is 0. The van der Waals surface area contributed by atoms with Crippen LogP contribution in [0.3, 0.4) is 0 Å². The number of benzene rings is 1. The van der Waals surface area contributed by atoms with Crippen LogP contribution in [0.2, 0.25) is 0 Å². The monoisotopic (exact) mass is 772 g/mol. The molecule has 0 unspecified atom stereocenters. The molecule has 56 heavy (non-hydrogen) atoms. The molecule has 296 valence electrons. The van der Waals surface area contributed by atoms with Crippen molar-refractivity contribution in [2.24, 2.45) is 5.92 Å². The fourth-order valence-corrected chi connectivity index (χ4v) is 9.92. The van der Waals surface area contributed by atoms with Gasteiger partial charge in [-0.15, -0.1) is 0 Å². The maximum Gasteiger partial charge on any atom is 0.261 e. The first-order valence-electron chi connectivity index (χ1n) is 19.9. The maximum absolute atomic E-state index is 15.7. The van der Waals surface area contributed by atoms with E-state index in [1.807, 2.05) is 43.2 Å². The predicted octanol–water partition coefficient (Wildman–Crippen LogP) is 8.35. The number of nitrogens with one attached hydrogen (secondary N) is 2. The molecule has 6 aliphatic rings. The summed E-state index contributed by atoms with van der Waals surface area (Å²) in [5.74, 6) is -2.51. The molecule has 4 aromatic rings. The Bertz CT molecular complexity index is 2290. The first-order valence-corrected chi connectivity index (χ1v) is 19.9. The highest BCUT2D eigenvalue weighted by atomic mass is 19.3. The summed E-state index contributed by atoms with van der Waals surface area (Å²) in [5.41, 5.74) is 0.116. The Morgan fingerprint density at radius 2 is 1.68 bits per heavy atom. The molecule has 5 fully saturated rings. The summed E-state index contributed by atoms with van der Waals surface area (Å²) in [6, 6.07) is 5.43. The molecule has 10 nitrogen and oxygen atoms in total. The van der Waals surface area contributed by atoms with Gasteiger partial charge in [0, 0.05) is 53.1 Å². The summed E-state index contributed by atoms with van der Waals surface area (Å²) in [6.07, 6.45) is 7.62. The number of fused-ring (bicyclic) bond motifs is 5. The van der Waals surface area contributed by atoms with E-state index in [2.05, 4.69) is 27.4 Å². The predicted molar refractivity (Wildman–Crippen MR) is 205 cm³/mol. The van der Waals surface area contributed by atoms with Crippen molar-refractivity contribution in [3.63, 3.8) is 0 Å². The third-order valence-electron chi connectivity index (χ3n) is 13.5. The van der Waals surface area contributed by atoms with Crippen molar-refractivity contribution in [2.45, 2.75) is 134 Å². The Morgan fingerprint density at radius 3 is 2.30 bits per heavy atom. The van der Waals surface area contributed by atoms with Crippen LogP contribution in [0.1, 0.15) is 114 Å². The summed E-state index contributed by atoms with van der Waals surface area (Å²) in [5, 5.41) is 5.28. The molecular formula is C42H48F4N8O2.